The first-order valence-electron chi connectivity index (χ1n) is 7.41. The molecule has 0 N–H and O–H groups in total. The Hall–Kier alpha value is -0.970. The number of aromatic nitrogens is 4. The van der Waals surface area contributed by atoms with Crippen LogP contribution in [0.2, 0.25) is 0 Å². The van der Waals surface area contributed by atoms with Crippen LogP contribution in [0, 0.1) is 10.8 Å². The van der Waals surface area contributed by atoms with Gasteiger partial charge in [-0.15, -0.1) is 5.10 Å². The molecule has 0 aromatic carbocycles. The standard InChI is InChI=1S/C14H25N5/c1-13(2)7-12-8-14(3,9-13)10-18(12)5-4-6-19-11-15-16-17-19/h11-12H,4-10H2,1-3H3/t12-,14-/m1/s1. The number of likely N-dealkylation sites (tertiary alicyclic amines) is 1. The number of hydrogen-bond acceptors (Lipinski definition) is 4. The number of rotatable bonds is 4. The molecular formula is C14H25N5. The molecule has 1 aliphatic carbocycles. The molecule has 5 heteroatoms. The summed E-state index contributed by atoms with van der Waals surface area (Å²) in [5.74, 6) is 0. The average Bonchev–Trinajstić information content (AvgIpc) is 2.84. The summed E-state index contributed by atoms with van der Waals surface area (Å²) in [6.45, 7) is 10.7. The van der Waals surface area contributed by atoms with Crippen molar-refractivity contribution in [3.63, 3.8) is 0 Å². The third kappa shape index (κ3) is 2.81. The molecule has 2 fully saturated rings. The summed E-state index contributed by atoms with van der Waals surface area (Å²) in [7, 11) is 0. The molecule has 1 saturated heterocycles. The highest BCUT2D eigenvalue weighted by Crippen LogP contribution is 2.52. The van der Waals surface area contributed by atoms with Crippen molar-refractivity contribution in [2.45, 2.75) is 59.0 Å². The van der Waals surface area contributed by atoms with E-state index in [9.17, 15) is 0 Å². The molecule has 0 spiro atoms. The number of fused-ring (bicyclic) bond motifs is 2. The topological polar surface area (TPSA) is 46.8 Å². The highest BCUT2D eigenvalue weighted by Gasteiger charge is 2.49. The maximum absolute atomic E-state index is 3.92. The van der Waals surface area contributed by atoms with Gasteiger partial charge >= 0.3 is 0 Å². The lowest BCUT2D eigenvalue weighted by Gasteiger charge is -2.40. The van der Waals surface area contributed by atoms with Crippen molar-refractivity contribution >= 4 is 0 Å². The van der Waals surface area contributed by atoms with Gasteiger partial charge in [-0.1, -0.05) is 20.8 Å². The normalized spacial score (nSPS) is 33.7. The first-order valence-corrected chi connectivity index (χ1v) is 7.41. The summed E-state index contributed by atoms with van der Waals surface area (Å²) in [6.07, 6.45) is 6.96. The van der Waals surface area contributed by atoms with Gasteiger partial charge in [0.15, 0.2) is 0 Å². The fourth-order valence-electron chi connectivity index (χ4n) is 4.56. The van der Waals surface area contributed by atoms with Gasteiger partial charge in [0.1, 0.15) is 6.33 Å². The molecule has 1 saturated carbocycles. The first-order chi connectivity index (χ1) is 8.96. The van der Waals surface area contributed by atoms with Crippen molar-refractivity contribution in [3.8, 4) is 0 Å². The Bertz CT molecular complexity index is 427. The van der Waals surface area contributed by atoms with Gasteiger partial charge in [-0.2, -0.15) is 0 Å². The summed E-state index contributed by atoms with van der Waals surface area (Å²) in [5, 5.41) is 11.3. The van der Waals surface area contributed by atoms with Crippen molar-refractivity contribution in [3.05, 3.63) is 6.33 Å². The van der Waals surface area contributed by atoms with Crippen LogP contribution in [0.4, 0.5) is 0 Å². The summed E-state index contributed by atoms with van der Waals surface area (Å²) < 4.78 is 1.83. The maximum Gasteiger partial charge on any atom is 0.138 e. The van der Waals surface area contributed by atoms with Crippen molar-refractivity contribution in [1.82, 2.24) is 25.1 Å². The third-order valence-corrected chi connectivity index (χ3v) is 4.75. The summed E-state index contributed by atoms with van der Waals surface area (Å²) in [5.41, 5.74) is 1.06. The van der Waals surface area contributed by atoms with Crippen molar-refractivity contribution < 1.29 is 0 Å². The minimum Gasteiger partial charge on any atom is -0.300 e. The van der Waals surface area contributed by atoms with E-state index in [2.05, 4.69) is 41.2 Å². The zero-order chi connectivity index (χ0) is 13.5. The summed E-state index contributed by atoms with van der Waals surface area (Å²) in [6, 6.07) is 0.794. The fourth-order valence-corrected chi connectivity index (χ4v) is 4.56. The predicted octanol–water partition coefficient (Wildman–Crippen LogP) is 1.96. The van der Waals surface area contributed by atoms with E-state index in [4.69, 9.17) is 0 Å². The van der Waals surface area contributed by atoms with Crippen molar-refractivity contribution in [1.29, 1.82) is 0 Å². The van der Waals surface area contributed by atoms with E-state index >= 15 is 0 Å². The molecule has 0 amide bonds. The van der Waals surface area contributed by atoms with Crippen LogP contribution in [0.1, 0.15) is 46.5 Å². The number of aryl methyl sites for hydroxylation is 1. The molecule has 2 aliphatic rings. The van der Waals surface area contributed by atoms with Gasteiger partial charge in [0.2, 0.25) is 0 Å². The molecule has 1 aromatic heterocycles. The minimum absolute atomic E-state index is 0.516. The molecule has 2 atom stereocenters. The van der Waals surface area contributed by atoms with Crippen LogP contribution in [0.15, 0.2) is 6.33 Å². The van der Waals surface area contributed by atoms with Gasteiger partial charge < -0.3 is 0 Å². The SMILES string of the molecule is CC1(C)C[C@@H]2C[C@@](C)(CN2CCCn2cnnn2)C1. The molecule has 106 valence electrons. The van der Waals surface area contributed by atoms with Crippen molar-refractivity contribution in [2.75, 3.05) is 13.1 Å². The first kappa shape index (κ1) is 13.0. The van der Waals surface area contributed by atoms with Gasteiger partial charge in [0.05, 0.1) is 0 Å². The highest BCUT2D eigenvalue weighted by atomic mass is 15.5. The van der Waals surface area contributed by atoms with E-state index in [1.54, 1.807) is 6.33 Å². The van der Waals surface area contributed by atoms with E-state index < -0.39 is 0 Å². The molecular weight excluding hydrogens is 238 g/mol. The van der Waals surface area contributed by atoms with Crippen LogP contribution < -0.4 is 0 Å². The van der Waals surface area contributed by atoms with Crippen LogP contribution in [0.25, 0.3) is 0 Å². The third-order valence-electron chi connectivity index (χ3n) is 4.75. The van der Waals surface area contributed by atoms with Gasteiger partial charge in [-0.25, -0.2) is 4.68 Å². The zero-order valence-corrected chi connectivity index (χ0v) is 12.3. The minimum atomic E-state index is 0.516. The lowest BCUT2D eigenvalue weighted by atomic mass is 9.65. The van der Waals surface area contributed by atoms with E-state index in [1.807, 2.05) is 4.68 Å². The van der Waals surface area contributed by atoms with Gasteiger partial charge in [-0.05, 0) is 46.9 Å². The largest absolute Gasteiger partial charge is 0.300 e. The lowest BCUT2D eigenvalue weighted by Crippen LogP contribution is -2.35. The zero-order valence-electron chi connectivity index (χ0n) is 12.3. The number of tetrazole rings is 1. The highest BCUT2D eigenvalue weighted by molar-refractivity contribution is 5.02. The summed E-state index contributed by atoms with van der Waals surface area (Å²) >= 11 is 0. The number of nitrogens with zero attached hydrogens (tertiary/aromatic N) is 5. The van der Waals surface area contributed by atoms with Crippen molar-refractivity contribution in [2.24, 2.45) is 10.8 Å². The van der Waals surface area contributed by atoms with Crippen LogP contribution in [0.5, 0.6) is 0 Å². The Morgan fingerprint density at radius 1 is 1.21 bits per heavy atom. The van der Waals surface area contributed by atoms with E-state index in [0.29, 0.717) is 10.8 Å². The fraction of sp³-hybridized carbons (Fsp3) is 0.929. The Morgan fingerprint density at radius 3 is 2.79 bits per heavy atom. The van der Waals surface area contributed by atoms with Crippen LogP contribution >= 0.6 is 0 Å². The Labute approximate surface area is 115 Å². The maximum atomic E-state index is 3.92. The van der Waals surface area contributed by atoms with Crippen LogP contribution in [-0.2, 0) is 6.54 Å². The van der Waals surface area contributed by atoms with Gasteiger partial charge in [0.25, 0.3) is 0 Å². The molecule has 0 radical (unpaired) electrons. The molecule has 3 rings (SSSR count). The molecule has 19 heavy (non-hydrogen) atoms. The quantitative estimate of drug-likeness (QED) is 0.833. The Kier molecular flexibility index (Phi) is 3.12. The van der Waals surface area contributed by atoms with Crippen LogP contribution in [-0.4, -0.2) is 44.2 Å². The Morgan fingerprint density at radius 2 is 2.05 bits per heavy atom. The second kappa shape index (κ2) is 4.54. The summed E-state index contributed by atoms with van der Waals surface area (Å²) in [4.78, 5) is 2.71. The molecule has 0 unspecified atom stereocenters. The molecule has 2 heterocycles. The van der Waals surface area contributed by atoms with Crippen LogP contribution in [0.3, 0.4) is 0 Å². The second-order valence-corrected chi connectivity index (χ2v) is 7.61. The van der Waals surface area contributed by atoms with E-state index in [1.165, 1.54) is 32.4 Å². The molecule has 1 aliphatic heterocycles. The second-order valence-electron chi connectivity index (χ2n) is 7.61. The Balaban J connectivity index is 1.55. The predicted molar refractivity (Wildman–Crippen MR) is 73.5 cm³/mol. The van der Waals surface area contributed by atoms with Gasteiger partial charge in [-0.3, -0.25) is 4.90 Å². The monoisotopic (exact) mass is 263 g/mol. The molecule has 5 nitrogen and oxygen atoms in total. The smallest absolute Gasteiger partial charge is 0.138 e. The number of hydrogen-bond donors (Lipinski definition) is 0. The van der Waals surface area contributed by atoms with E-state index in [0.717, 1.165) is 19.0 Å². The average molecular weight is 263 g/mol. The van der Waals surface area contributed by atoms with E-state index in [-0.39, 0.29) is 0 Å². The molecule has 1 aromatic rings. The molecule has 2 bridgehead atoms. The van der Waals surface area contributed by atoms with Gasteiger partial charge in [0, 0.05) is 25.7 Å². The lowest BCUT2D eigenvalue weighted by molar-refractivity contribution is 0.127.